The molecule has 0 aliphatic carbocycles. The van der Waals surface area contributed by atoms with Crippen molar-refractivity contribution in [3.63, 3.8) is 0 Å². The summed E-state index contributed by atoms with van der Waals surface area (Å²) < 4.78 is 1.89. The van der Waals surface area contributed by atoms with Gasteiger partial charge in [-0.05, 0) is 6.07 Å². The van der Waals surface area contributed by atoms with E-state index in [2.05, 4.69) is 34.7 Å². The molecule has 2 heterocycles. The molecule has 18 heavy (non-hydrogen) atoms. The predicted octanol–water partition coefficient (Wildman–Crippen LogP) is 3.58. The molecule has 0 unspecified atom stereocenters. The van der Waals surface area contributed by atoms with E-state index in [4.69, 9.17) is 0 Å². The SMILES string of the molecule is C1=Nn2cc3ccccc3c2Nc2ccccc21. The molecule has 0 saturated heterocycles. The van der Waals surface area contributed by atoms with Crippen LogP contribution in [0.15, 0.2) is 59.8 Å². The number of rotatable bonds is 0. The fraction of sp³-hybridized carbons (Fsp3) is 0. The third kappa shape index (κ3) is 1.27. The molecule has 2 aromatic carbocycles. The van der Waals surface area contributed by atoms with Gasteiger partial charge in [0.15, 0.2) is 0 Å². The standard InChI is InChI=1S/C15H11N3/c1-3-7-13-12(6-1)10-18-15(13)17-14-8-4-2-5-11(14)9-16-18/h1-10,17H. The molecule has 1 aliphatic heterocycles. The van der Waals surface area contributed by atoms with Gasteiger partial charge in [0.25, 0.3) is 0 Å². The maximum atomic E-state index is 4.49. The van der Waals surface area contributed by atoms with Gasteiger partial charge in [-0.25, -0.2) is 4.68 Å². The lowest BCUT2D eigenvalue weighted by Crippen LogP contribution is -1.95. The summed E-state index contributed by atoms with van der Waals surface area (Å²) in [6, 6.07) is 16.5. The van der Waals surface area contributed by atoms with Gasteiger partial charge in [0.1, 0.15) is 5.82 Å². The molecule has 86 valence electrons. The minimum absolute atomic E-state index is 1.02. The van der Waals surface area contributed by atoms with Crippen molar-refractivity contribution in [2.24, 2.45) is 5.10 Å². The second-order valence-electron chi connectivity index (χ2n) is 4.37. The van der Waals surface area contributed by atoms with E-state index >= 15 is 0 Å². The second-order valence-corrected chi connectivity index (χ2v) is 4.37. The topological polar surface area (TPSA) is 29.3 Å². The zero-order chi connectivity index (χ0) is 11.9. The summed E-state index contributed by atoms with van der Waals surface area (Å²) >= 11 is 0. The monoisotopic (exact) mass is 233 g/mol. The molecule has 3 aromatic rings. The van der Waals surface area contributed by atoms with Gasteiger partial charge >= 0.3 is 0 Å². The Morgan fingerprint density at radius 3 is 2.78 bits per heavy atom. The predicted molar refractivity (Wildman–Crippen MR) is 74.7 cm³/mol. The molecule has 1 N–H and O–H groups in total. The zero-order valence-electron chi connectivity index (χ0n) is 9.67. The molecule has 0 amide bonds. The van der Waals surface area contributed by atoms with Crippen molar-refractivity contribution < 1.29 is 0 Å². The van der Waals surface area contributed by atoms with E-state index in [9.17, 15) is 0 Å². The Morgan fingerprint density at radius 1 is 0.944 bits per heavy atom. The first-order valence-corrected chi connectivity index (χ1v) is 5.92. The maximum absolute atomic E-state index is 4.49. The number of aromatic nitrogens is 1. The minimum atomic E-state index is 1.02. The Kier molecular flexibility index (Phi) is 1.83. The summed E-state index contributed by atoms with van der Waals surface area (Å²) in [6.07, 6.45) is 3.93. The second kappa shape index (κ2) is 3.47. The van der Waals surface area contributed by atoms with Crippen molar-refractivity contribution in [2.45, 2.75) is 0 Å². The lowest BCUT2D eigenvalue weighted by Gasteiger charge is -2.06. The number of fused-ring (bicyclic) bond motifs is 4. The number of hydrogen-bond donors (Lipinski definition) is 1. The molecular formula is C15H11N3. The van der Waals surface area contributed by atoms with Crippen LogP contribution < -0.4 is 5.32 Å². The van der Waals surface area contributed by atoms with Crippen LogP contribution in [0.2, 0.25) is 0 Å². The van der Waals surface area contributed by atoms with Gasteiger partial charge in [-0.3, -0.25) is 0 Å². The summed E-state index contributed by atoms with van der Waals surface area (Å²) in [7, 11) is 0. The largest absolute Gasteiger partial charge is 0.339 e. The highest BCUT2D eigenvalue weighted by atomic mass is 15.4. The summed E-state index contributed by atoms with van der Waals surface area (Å²) in [6.45, 7) is 0. The molecule has 1 aromatic heterocycles. The van der Waals surface area contributed by atoms with Crippen LogP contribution >= 0.6 is 0 Å². The average molecular weight is 233 g/mol. The molecule has 4 rings (SSSR count). The molecule has 0 bridgehead atoms. The third-order valence-electron chi connectivity index (χ3n) is 3.24. The number of nitrogens with zero attached hydrogens (tertiary/aromatic N) is 2. The Labute approximate surface area is 104 Å². The van der Waals surface area contributed by atoms with Crippen LogP contribution in [0.5, 0.6) is 0 Å². The fourth-order valence-electron chi connectivity index (χ4n) is 2.34. The van der Waals surface area contributed by atoms with E-state index in [1.807, 2.05) is 41.4 Å². The number of hydrogen-bond acceptors (Lipinski definition) is 2. The van der Waals surface area contributed by atoms with E-state index in [1.54, 1.807) is 0 Å². The Hall–Kier alpha value is -2.55. The van der Waals surface area contributed by atoms with Crippen LogP contribution in [-0.4, -0.2) is 10.9 Å². The van der Waals surface area contributed by atoms with Crippen molar-refractivity contribution in [2.75, 3.05) is 5.32 Å². The molecule has 0 saturated carbocycles. The van der Waals surface area contributed by atoms with Crippen LogP contribution in [-0.2, 0) is 0 Å². The first-order valence-electron chi connectivity index (χ1n) is 5.92. The van der Waals surface area contributed by atoms with Crippen LogP contribution in [0, 0.1) is 0 Å². The number of para-hydroxylation sites is 1. The molecular weight excluding hydrogens is 222 g/mol. The smallest absolute Gasteiger partial charge is 0.139 e. The Bertz CT molecular complexity index is 768. The van der Waals surface area contributed by atoms with Crippen molar-refractivity contribution in [3.8, 4) is 0 Å². The van der Waals surface area contributed by atoms with E-state index in [-0.39, 0.29) is 0 Å². The van der Waals surface area contributed by atoms with Crippen LogP contribution in [0.25, 0.3) is 10.8 Å². The zero-order valence-corrected chi connectivity index (χ0v) is 9.67. The summed E-state index contributed by atoms with van der Waals surface area (Å²) in [5.74, 6) is 1.02. The van der Waals surface area contributed by atoms with Crippen LogP contribution in [0.1, 0.15) is 5.56 Å². The fourth-order valence-corrected chi connectivity index (χ4v) is 2.34. The van der Waals surface area contributed by atoms with Crippen molar-refractivity contribution in [1.29, 1.82) is 0 Å². The van der Waals surface area contributed by atoms with Crippen LogP contribution in [0.4, 0.5) is 11.5 Å². The van der Waals surface area contributed by atoms with Gasteiger partial charge in [-0.15, -0.1) is 0 Å². The number of nitrogens with one attached hydrogen (secondary N) is 1. The van der Waals surface area contributed by atoms with E-state index < -0.39 is 0 Å². The van der Waals surface area contributed by atoms with Crippen molar-refractivity contribution in [3.05, 3.63) is 60.3 Å². The van der Waals surface area contributed by atoms with Crippen molar-refractivity contribution >= 4 is 28.5 Å². The highest BCUT2D eigenvalue weighted by molar-refractivity contribution is 5.99. The molecule has 3 heteroatoms. The van der Waals surface area contributed by atoms with Crippen LogP contribution in [0.3, 0.4) is 0 Å². The van der Waals surface area contributed by atoms with Gasteiger partial charge < -0.3 is 5.32 Å². The molecule has 0 fully saturated rings. The summed E-state index contributed by atoms with van der Waals surface area (Å²) in [4.78, 5) is 0. The van der Waals surface area contributed by atoms with Gasteiger partial charge in [-0.2, -0.15) is 5.10 Å². The quantitative estimate of drug-likeness (QED) is 0.494. The third-order valence-corrected chi connectivity index (χ3v) is 3.24. The first-order chi connectivity index (χ1) is 8.92. The van der Waals surface area contributed by atoms with E-state index in [1.165, 1.54) is 10.8 Å². The van der Waals surface area contributed by atoms with Gasteiger partial charge in [0.05, 0.1) is 6.21 Å². The first kappa shape index (κ1) is 9.48. The summed E-state index contributed by atoms with van der Waals surface area (Å²) in [5, 5.41) is 10.3. The van der Waals surface area contributed by atoms with Crippen molar-refractivity contribution in [1.82, 2.24) is 4.68 Å². The normalized spacial score (nSPS) is 12.7. The molecule has 0 atom stereocenters. The number of anilines is 2. The van der Waals surface area contributed by atoms with Gasteiger partial charge in [0.2, 0.25) is 0 Å². The van der Waals surface area contributed by atoms with E-state index in [0.29, 0.717) is 0 Å². The highest BCUT2D eigenvalue weighted by Gasteiger charge is 2.12. The molecule has 0 radical (unpaired) electrons. The highest BCUT2D eigenvalue weighted by Crippen LogP contribution is 2.31. The lowest BCUT2D eigenvalue weighted by molar-refractivity contribution is 0.913. The molecule has 1 aliphatic rings. The van der Waals surface area contributed by atoms with E-state index in [0.717, 1.165) is 17.1 Å². The Morgan fingerprint density at radius 2 is 1.78 bits per heavy atom. The van der Waals surface area contributed by atoms with Gasteiger partial charge in [-0.1, -0.05) is 42.5 Å². The summed E-state index contributed by atoms with van der Waals surface area (Å²) in [5.41, 5.74) is 2.19. The van der Waals surface area contributed by atoms with Gasteiger partial charge in [0, 0.05) is 28.2 Å². The average Bonchev–Trinajstić information content (AvgIpc) is 2.65. The molecule has 3 nitrogen and oxygen atoms in total. The maximum Gasteiger partial charge on any atom is 0.139 e. The lowest BCUT2D eigenvalue weighted by atomic mass is 10.2. The minimum Gasteiger partial charge on any atom is -0.339 e. The Balaban J connectivity index is 2.01. The molecule has 0 spiro atoms. The number of benzene rings is 2.